The number of carbonyl (C=O) groups excluding carboxylic acids is 1. The molecule has 0 aliphatic carbocycles. The number of thioether (sulfide) groups is 1. The normalized spacial score (nSPS) is 12.2. The van der Waals surface area contributed by atoms with Crippen molar-refractivity contribution in [2.24, 2.45) is 0 Å². The predicted molar refractivity (Wildman–Crippen MR) is 72.3 cm³/mol. The molecule has 0 saturated carbocycles. The molecule has 0 saturated heterocycles. The minimum Gasteiger partial charge on any atom is -0.396 e. The molecule has 1 amide bonds. The van der Waals surface area contributed by atoms with Crippen LogP contribution in [0.5, 0.6) is 0 Å². The zero-order valence-corrected chi connectivity index (χ0v) is 11.1. The zero-order valence-electron chi connectivity index (χ0n) is 10.3. The summed E-state index contributed by atoms with van der Waals surface area (Å²) < 4.78 is 0. The number of aliphatic hydroxyl groups excluding tert-OH is 1. The smallest absolute Gasteiger partial charge is 0.251 e. The summed E-state index contributed by atoms with van der Waals surface area (Å²) in [6, 6.07) is 7.63. The highest BCUT2D eigenvalue weighted by Gasteiger charge is 2.08. The van der Waals surface area contributed by atoms with Crippen LogP contribution < -0.4 is 5.32 Å². The van der Waals surface area contributed by atoms with E-state index in [1.807, 2.05) is 31.2 Å². The summed E-state index contributed by atoms with van der Waals surface area (Å²) in [5.41, 5.74) is 1.89. The Morgan fingerprint density at radius 1 is 1.41 bits per heavy atom. The van der Waals surface area contributed by atoms with E-state index in [0.717, 1.165) is 5.75 Å². The van der Waals surface area contributed by atoms with Gasteiger partial charge in [-0.3, -0.25) is 4.79 Å². The maximum atomic E-state index is 11.8. The molecule has 1 aromatic rings. The predicted octanol–water partition coefficient (Wildman–Crippen LogP) is 2.05. The SMILES string of the molecule is CSCc1ccc(C(=O)NC(C)CCO)cc1. The molecule has 1 atom stereocenters. The fourth-order valence-corrected chi connectivity index (χ4v) is 2.02. The summed E-state index contributed by atoms with van der Waals surface area (Å²) in [6.45, 7) is 1.98. The van der Waals surface area contributed by atoms with Gasteiger partial charge in [-0.2, -0.15) is 11.8 Å². The minimum absolute atomic E-state index is 0.00151. The summed E-state index contributed by atoms with van der Waals surface area (Å²) in [7, 11) is 0. The Hall–Kier alpha value is -1.00. The molecule has 0 aliphatic heterocycles. The first-order chi connectivity index (χ1) is 8.17. The maximum absolute atomic E-state index is 11.8. The number of nitrogens with one attached hydrogen (secondary N) is 1. The van der Waals surface area contributed by atoms with Crippen molar-refractivity contribution < 1.29 is 9.90 Å². The van der Waals surface area contributed by atoms with E-state index >= 15 is 0 Å². The van der Waals surface area contributed by atoms with E-state index in [4.69, 9.17) is 5.11 Å². The molecule has 3 nitrogen and oxygen atoms in total. The Morgan fingerprint density at radius 3 is 2.59 bits per heavy atom. The van der Waals surface area contributed by atoms with Gasteiger partial charge in [-0.05, 0) is 37.3 Å². The lowest BCUT2D eigenvalue weighted by Gasteiger charge is -2.12. The summed E-state index contributed by atoms with van der Waals surface area (Å²) >= 11 is 1.76. The average Bonchev–Trinajstić information content (AvgIpc) is 2.30. The van der Waals surface area contributed by atoms with Crippen molar-refractivity contribution in [2.45, 2.75) is 25.1 Å². The lowest BCUT2D eigenvalue weighted by molar-refractivity contribution is 0.0934. The Morgan fingerprint density at radius 2 is 2.06 bits per heavy atom. The van der Waals surface area contributed by atoms with E-state index in [1.165, 1.54) is 5.56 Å². The topological polar surface area (TPSA) is 49.3 Å². The standard InChI is InChI=1S/C13H19NO2S/c1-10(7-8-15)14-13(16)12-5-3-11(4-6-12)9-17-2/h3-6,10,15H,7-9H2,1-2H3,(H,14,16). The molecular formula is C13H19NO2S. The van der Waals surface area contributed by atoms with Crippen molar-refractivity contribution in [2.75, 3.05) is 12.9 Å². The zero-order chi connectivity index (χ0) is 12.7. The molecule has 2 N–H and O–H groups in total. The molecule has 0 spiro atoms. The van der Waals surface area contributed by atoms with E-state index in [1.54, 1.807) is 11.8 Å². The summed E-state index contributed by atoms with van der Waals surface area (Å²) in [6.07, 6.45) is 2.63. The van der Waals surface area contributed by atoms with Crippen LogP contribution in [0.3, 0.4) is 0 Å². The number of aliphatic hydroxyl groups is 1. The molecular weight excluding hydrogens is 234 g/mol. The van der Waals surface area contributed by atoms with Gasteiger partial charge in [-0.1, -0.05) is 12.1 Å². The fourth-order valence-electron chi connectivity index (χ4n) is 1.49. The third-order valence-corrected chi connectivity index (χ3v) is 3.09. The van der Waals surface area contributed by atoms with Crippen LogP contribution >= 0.6 is 11.8 Å². The molecule has 1 rings (SSSR count). The van der Waals surface area contributed by atoms with Gasteiger partial charge < -0.3 is 10.4 Å². The first-order valence-corrected chi connectivity index (χ1v) is 7.06. The van der Waals surface area contributed by atoms with Gasteiger partial charge in [0, 0.05) is 24.0 Å². The maximum Gasteiger partial charge on any atom is 0.251 e. The van der Waals surface area contributed by atoms with E-state index in [0.29, 0.717) is 12.0 Å². The van der Waals surface area contributed by atoms with E-state index < -0.39 is 0 Å². The molecule has 1 aromatic carbocycles. The van der Waals surface area contributed by atoms with Crippen molar-refractivity contribution in [3.63, 3.8) is 0 Å². The van der Waals surface area contributed by atoms with Crippen molar-refractivity contribution in [1.29, 1.82) is 0 Å². The van der Waals surface area contributed by atoms with Gasteiger partial charge in [-0.25, -0.2) is 0 Å². The highest BCUT2D eigenvalue weighted by molar-refractivity contribution is 7.97. The number of rotatable bonds is 6. The molecule has 0 aromatic heterocycles. The van der Waals surface area contributed by atoms with Crippen LogP contribution in [0.15, 0.2) is 24.3 Å². The van der Waals surface area contributed by atoms with Gasteiger partial charge in [0.1, 0.15) is 0 Å². The first kappa shape index (κ1) is 14.1. The second-order valence-electron chi connectivity index (χ2n) is 4.02. The van der Waals surface area contributed by atoms with Gasteiger partial charge >= 0.3 is 0 Å². The molecule has 94 valence electrons. The van der Waals surface area contributed by atoms with Gasteiger partial charge in [0.05, 0.1) is 0 Å². The fraction of sp³-hybridized carbons (Fsp3) is 0.462. The van der Waals surface area contributed by atoms with Crippen LogP contribution in [-0.2, 0) is 5.75 Å². The third-order valence-electron chi connectivity index (χ3n) is 2.47. The van der Waals surface area contributed by atoms with Crippen LogP contribution in [0.2, 0.25) is 0 Å². The molecule has 0 bridgehead atoms. The van der Waals surface area contributed by atoms with Gasteiger partial charge in [-0.15, -0.1) is 0 Å². The monoisotopic (exact) mass is 253 g/mol. The van der Waals surface area contributed by atoms with E-state index in [2.05, 4.69) is 11.6 Å². The molecule has 4 heteroatoms. The van der Waals surface area contributed by atoms with Crippen molar-refractivity contribution >= 4 is 17.7 Å². The molecule has 0 radical (unpaired) electrons. The third kappa shape index (κ3) is 4.79. The van der Waals surface area contributed by atoms with Gasteiger partial charge in [0.25, 0.3) is 5.91 Å². The minimum atomic E-state index is -0.0818. The molecule has 0 heterocycles. The highest BCUT2D eigenvalue weighted by atomic mass is 32.2. The number of amides is 1. The number of carbonyl (C=O) groups is 1. The van der Waals surface area contributed by atoms with Crippen molar-refractivity contribution in [1.82, 2.24) is 5.32 Å². The second-order valence-corrected chi connectivity index (χ2v) is 4.88. The lowest BCUT2D eigenvalue weighted by Crippen LogP contribution is -2.33. The first-order valence-electron chi connectivity index (χ1n) is 5.67. The lowest BCUT2D eigenvalue weighted by atomic mass is 10.1. The van der Waals surface area contributed by atoms with E-state index in [-0.39, 0.29) is 18.6 Å². The second kappa shape index (κ2) is 7.35. The number of hydrogen-bond acceptors (Lipinski definition) is 3. The number of benzene rings is 1. The summed E-state index contributed by atoms with van der Waals surface area (Å²) in [5, 5.41) is 11.6. The largest absolute Gasteiger partial charge is 0.396 e. The molecule has 17 heavy (non-hydrogen) atoms. The van der Waals surface area contributed by atoms with Crippen molar-refractivity contribution in [3.8, 4) is 0 Å². The van der Waals surface area contributed by atoms with Crippen LogP contribution in [-0.4, -0.2) is 29.9 Å². The van der Waals surface area contributed by atoms with Gasteiger partial charge in [0.15, 0.2) is 0 Å². The van der Waals surface area contributed by atoms with Crippen molar-refractivity contribution in [3.05, 3.63) is 35.4 Å². The molecule has 0 fully saturated rings. The van der Waals surface area contributed by atoms with Gasteiger partial charge in [0.2, 0.25) is 0 Å². The quantitative estimate of drug-likeness (QED) is 0.816. The summed E-state index contributed by atoms with van der Waals surface area (Å²) in [5.74, 6) is 0.879. The summed E-state index contributed by atoms with van der Waals surface area (Å²) in [4.78, 5) is 11.8. The van der Waals surface area contributed by atoms with Crippen LogP contribution in [0.25, 0.3) is 0 Å². The Labute approximate surface area is 107 Å². The van der Waals surface area contributed by atoms with E-state index in [9.17, 15) is 4.79 Å². The van der Waals surface area contributed by atoms with Crippen LogP contribution in [0, 0.1) is 0 Å². The van der Waals surface area contributed by atoms with Crippen LogP contribution in [0.1, 0.15) is 29.3 Å². The Kier molecular flexibility index (Phi) is 6.08. The average molecular weight is 253 g/mol. The Bertz CT molecular complexity index is 351. The Balaban J connectivity index is 2.57. The number of hydrogen-bond donors (Lipinski definition) is 2. The molecule has 1 unspecified atom stereocenters. The molecule has 0 aliphatic rings. The highest BCUT2D eigenvalue weighted by Crippen LogP contribution is 2.10. The van der Waals surface area contributed by atoms with Crippen LogP contribution in [0.4, 0.5) is 0 Å².